The van der Waals surface area contributed by atoms with Gasteiger partial charge in [-0.1, -0.05) is 133 Å². The second kappa shape index (κ2) is 14.5. The normalized spacial score (nSPS) is 12.3. The molecule has 8 aromatic rings. The first-order valence-electron chi connectivity index (χ1n) is 18.5. The summed E-state index contributed by atoms with van der Waals surface area (Å²) >= 11 is 0. The standard InChI is InChI=1S/C51H34O6/c52-49(53)35-11-9-13-39(31-35)56-37-27-23-33(24-28-37)41-15-1-5-19-45(41)51(47-21-7-3-17-43(47)44-18-4-8-22-48(44)51)46-20-6-2-16-42(46)34-25-29-38(30-26-34)57-40-14-10-12-36(32-40)50(54)55/h1-32H,(H,52,53)(H,54,55). The molecule has 1 aliphatic carbocycles. The first-order valence-corrected chi connectivity index (χ1v) is 18.5. The second-order valence-corrected chi connectivity index (χ2v) is 13.9. The van der Waals surface area contributed by atoms with E-state index in [2.05, 4.69) is 97.1 Å². The Morgan fingerprint density at radius 1 is 0.351 bits per heavy atom. The number of hydrogen-bond donors (Lipinski definition) is 2. The molecule has 0 atom stereocenters. The zero-order valence-electron chi connectivity index (χ0n) is 30.5. The third kappa shape index (κ3) is 6.29. The van der Waals surface area contributed by atoms with E-state index >= 15 is 0 Å². The van der Waals surface area contributed by atoms with Crippen LogP contribution < -0.4 is 9.47 Å². The number of benzene rings is 8. The molecule has 0 spiro atoms. The summed E-state index contributed by atoms with van der Waals surface area (Å²) in [5.74, 6) is 0.0682. The van der Waals surface area contributed by atoms with Gasteiger partial charge in [-0.05, 0) is 116 Å². The Hall–Kier alpha value is -7.70. The topological polar surface area (TPSA) is 93.1 Å². The first-order chi connectivity index (χ1) is 27.9. The number of carbonyl (C=O) groups is 2. The molecule has 0 fully saturated rings. The van der Waals surface area contributed by atoms with Crippen molar-refractivity contribution in [3.05, 3.63) is 228 Å². The minimum absolute atomic E-state index is 0.160. The zero-order chi connectivity index (χ0) is 38.9. The van der Waals surface area contributed by atoms with Crippen molar-refractivity contribution >= 4 is 11.9 Å². The molecule has 1 aliphatic rings. The minimum atomic E-state index is -1.01. The molecular weight excluding hydrogens is 709 g/mol. The van der Waals surface area contributed by atoms with Crippen LogP contribution in [0.2, 0.25) is 0 Å². The molecule has 0 amide bonds. The van der Waals surface area contributed by atoms with Gasteiger partial charge in [-0.25, -0.2) is 9.59 Å². The molecule has 0 saturated heterocycles. The van der Waals surface area contributed by atoms with Gasteiger partial charge in [-0.3, -0.25) is 0 Å². The zero-order valence-corrected chi connectivity index (χ0v) is 30.5. The number of fused-ring (bicyclic) bond motifs is 3. The summed E-state index contributed by atoms with van der Waals surface area (Å²) in [6, 6.07) is 63.2. The summed E-state index contributed by atoms with van der Waals surface area (Å²) < 4.78 is 12.2. The van der Waals surface area contributed by atoms with E-state index in [1.54, 1.807) is 24.3 Å². The molecule has 0 radical (unpaired) electrons. The van der Waals surface area contributed by atoms with Gasteiger partial charge in [0.15, 0.2) is 0 Å². The predicted molar refractivity (Wildman–Crippen MR) is 222 cm³/mol. The summed E-state index contributed by atoms with van der Waals surface area (Å²) in [6.45, 7) is 0. The fourth-order valence-electron chi connectivity index (χ4n) is 8.15. The Balaban J connectivity index is 1.18. The largest absolute Gasteiger partial charge is 0.478 e. The van der Waals surface area contributed by atoms with Crippen molar-refractivity contribution in [3.8, 4) is 56.4 Å². The van der Waals surface area contributed by atoms with Gasteiger partial charge in [-0.2, -0.15) is 0 Å². The van der Waals surface area contributed by atoms with E-state index in [9.17, 15) is 19.8 Å². The van der Waals surface area contributed by atoms with Crippen molar-refractivity contribution in [2.45, 2.75) is 5.41 Å². The van der Waals surface area contributed by atoms with Crippen molar-refractivity contribution in [2.24, 2.45) is 0 Å². The van der Waals surface area contributed by atoms with E-state index in [4.69, 9.17) is 9.47 Å². The van der Waals surface area contributed by atoms with Gasteiger partial charge in [0.25, 0.3) is 0 Å². The number of ether oxygens (including phenoxy) is 2. The maximum Gasteiger partial charge on any atom is 0.335 e. The van der Waals surface area contributed by atoms with Crippen LogP contribution in [0.1, 0.15) is 43.0 Å². The van der Waals surface area contributed by atoms with Crippen LogP contribution >= 0.6 is 0 Å². The molecule has 0 aromatic heterocycles. The maximum absolute atomic E-state index is 11.6. The summed E-state index contributed by atoms with van der Waals surface area (Å²) in [5.41, 5.74) is 10.7. The van der Waals surface area contributed by atoms with Crippen LogP contribution in [-0.4, -0.2) is 22.2 Å². The molecule has 9 rings (SSSR count). The van der Waals surface area contributed by atoms with E-state index in [-0.39, 0.29) is 11.1 Å². The van der Waals surface area contributed by atoms with E-state index in [0.29, 0.717) is 23.0 Å². The number of aromatic carboxylic acids is 2. The summed E-state index contributed by atoms with van der Waals surface area (Å²) in [7, 11) is 0. The second-order valence-electron chi connectivity index (χ2n) is 13.9. The third-order valence-electron chi connectivity index (χ3n) is 10.6. The highest BCUT2D eigenvalue weighted by atomic mass is 16.5. The smallest absolute Gasteiger partial charge is 0.335 e. The van der Waals surface area contributed by atoms with Crippen LogP contribution in [0.4, 0.5) is 0 Å². The number of hydrogen-bond acceptors (Lipinski definition) is 4. The fraction of sp³-hybridized carbons (Fsp3) is 0.0196. The van der Waals surface area contributed by atoms with Crippen LogP contribution in [0.3, 0.4) is 0 Å². The molecule has 274 valence electrons. The quantitative estimate of drug-likeness (QED) is 0.145. The Morgan fingerprint density at radius 2 is 0.684 bits per heavy atom. The van der Waals surface area contributed by atoms with Gasteiger partial charge in [0.1, 0.15) is 23.0 Å². The van der Waals surface area contributed by atoms with E-state index in [1.165, 1.54) is 46.5 Å². The highest BCUT2D eigenvalue weighted by molar-refractivity contribution is 5.92. The molecule has 2 N–H and O–H groups in total. The van der Waals surface area contributed by atoms with Crippen LogP contribution in [0, 0.1) is 0 Å². The molecule has 8 aromatic carbocycles. The van der Waals surface area contributed by atoms with Crippen LogP contribution in [0.5, 0.6) is 23.0 Å². The predicted octanol–water partition coefficient (Wildman–Crippen LogP) is 12.4. The molecule has 0 saturated carbocycles. The van der Waals surface area contributed by atoms with Crippen molar-refractivity contribution in [1.29, 1.82) is 0 Å². The molecule has 6 heteroatoms. The van der Waals surface area contributed by atoms with E-state index in [1.807, 2.05) is 48.5 Å². The molecule has 57 heavy (non-hydrogen) atoms. The van der Waals surface area contributed by atoms with Crippen molar-refractivity contribution in [2.75, 3.05) is 0 Å². The highest BCUT2D eigenvalue weighted by Crippen LogP contribution is 2.59. The molecule has 0 bridgehead atoms. The number of carboxylic acids is 2. The first kappa shape index (κ1) is 35.0. The summed E-state index contributed by atoms with van der Waals surface area (Å²) in [4.78, 5) is 23.1. The van der Waals surface area contributed by atoms with Gasteiger partial charge in [0.05, 0.1) is 16.5 Å². The molecule has 0 unspecified atom stereocenters. The molecular formula is C51H34O6. The molecule has 0 aliphatic heterocycles. The van der Waals surface area contributed by atoms with E-state index < -0.39 is 17.4 Å². The Labute approximate surface area is 329 Å². The molecule has 6 nitrogen and oxygen atoms in total. The lowest BCUT2D eigenvalue weighted by molar-refractivity contribution is 0.0686. The summed E-state index contributed by atoms with van der Waals surface area (Å²) in [5, 5.41) is 18.9. The third-order valence-corrected chi connectivity index (χ3v) is 10.6. The van der Waals surface area contributed by atoms with Gasteiger partial charge in [0, 0.05) is 0 Å². The Morgan fingerprint density at radius 3 is 1.05 bits per heavy atom. The average Bonchev–Trinajstić information content (AvgIpc) is 3.55. The van der Waals surface area contributed by atoms with Crippen LogP contribution in [0.15, 0.2) is 194 Å². The lowest BCUT2D eigenvalue weighted by atomic mass is 9.64. The SMILES string of the molecule is O=C(O)c1cccc(Oc2ccc(-c3ccccc3C3(c4ccccc4-c4ccc(Oc5cccc(C(=O)O)c5)cc4)c4ccccc4-c4ccccc43)cc2)c1. The van der Waals surface area contributed by atoms with Gasteiger partial charge >= 0.3 is 11.9 Å². The van der Waals surface area contributed by atoms with Gasteiger partial charge in [-0.15, -0.1) is 0 Å². The van der Waals surface area contributed by atoms with E-state index in [0.717, 1.165) is 33.4 Å². The number of rotatable bonds is 10. The highest BCUT2D eigenvalue weighted by Gasteiger charge is 2.48. The van der Waals surface area contributed by atoms with Crippen LogP contribution in [-0.2, 0) is 5.41 Å². The van der Waals surface area contributed by atoms with Crippen molar-refractivity contribution in [3.63, 3.8) is 0 Å². The van der Waals surface area contributed by atoms with Crippen molar-refractivity contribution < 1.29 is 29.3 Å². The Bertz CT molecular complexity index is 2610. The monoisotopic (exact) mass is 742 g/mol. The van der Waals surface area contributed by atoms with Crippen LogP contribution in [0.25, 0.3) is 33.4 Å². The number of carboxylic acid groups (broad SMARTS) is 2. The maximum atomic E-state index is 11.6. The Kier molecular flexibility index (Phi) is 8.92. The lowest BCUT2D eigenvalue weighted by Gasteiger charge is -2.37. The van der Waals surface area contributed by atoms with Crippen molar-refractivity contribution in [1.82, 2.24) is 0 Å². The minimum Gasteiger partial charge on any atom is -0.478 e. The summed E-state index contributed by atoms with van der Waals surface area (Å²) in [6.07, 6.45) is 0. The lowest BCUT2D eigenvalue weighted by Crippen LogP contribution is -2.30. The molecule has 0 heterocycles. The van der Waals surface area contributed by atoms with Gasteiger partial charge in [0.2, 0.25) is 0 Å². The fourth-order valence-corrected chi connectivity index (χ4v) is 8.15. The van der Waals surface area contributed by atoms with Gasteiger partial charge < -0.3 is 19.7 Å². The average molecular weight is 743 g/mol.